The molecule has 1 saturated heterocycles. The molecule has 0 aliphatic carbocycles. The van der Waals surface area contributed by atoms with Crippen molar-refractivity contribution in [1.29, 1.82) is 0 Å². The smallest absolute Gasteiger partial charge is 0.306 e. The van der Waals surface area contributed by atoms with Crippen molar-refractivity contribution in [3.8, 4) is 0 Å². The second-order valence-corrected chi connectivity index (χ2v) is 5.94. The lowest BCUT2D eigenvalue weighted by Crippen LogP contribution is -2.34. The van der Waals surface area contributed by atoms with Crippen LogP contribution in [0.1, 0.15) is 26.2 Å². The molecule has 0 saturated carbocycles. The summed E-state index contributed by atoms with van der Waals surface area (Å²) in [6.45, 7) is 3.98. The average Bonchev–Trinajstić information content (AvgIpc) is 3.04. The highest BCUT2D eigenvalue weighted by Crippen LogP contribution is 2.24. The molecule has 1 aliphatic rings. The van der Waals surface area contributed by atoms with Crippen LogP contribution in [0.2, 0.25) is 0 Å². The molecule has 0 spiro atoms. The number of esters is 1. The van der Waals surface area contributed by atoms with Crippen LogP contribution in [0.3, 0.4) is 0 Å². The third kappa shape index (κ3) is 5.56. The minimum absolute atomic E-state index is 0.114. The van der Waals surface area contributed by atoms with Gasteiger partial charge in [0.2, 0.25) is 11.8 Å². The van der Waals surface area contributed by atoms with Gasteiger partial charge in [-0.15, -0.1) is 0 Å². The molecule has 2 amide bonds. The van der Waals surface area contributed by atoms with Crippen LogP contribution >= 0.6 is 0 Å². The standard InChI is InChI=1S/C18H25N3O4/c1-3-20(11-9-18(24)25-2)13-16(22)19-14-6-4-7-15(12-14)21-10-5-8-17(21)23/h4,6-7,12H,3,5,8-11,13H2,1-2H3,(H,19,22). The van der Waals surface area contributed by atoms with E-state index in [0.29, 0.717) is 31.7 Å². The van der Waals surface area contributed by atoms with Crippen LogP contribution in [0.4, 0.5) is 11.4 Å². The summed E-state index contributed by atoms with van der Waals surface area (Å²) in [6.07, 6.45) is 1.69. The van der Waals surface area contributed by atoms with Crippen LogP contribution in [0.25, 0.3) is 0 Å². The second kappa shape index (κ2) is 9.17. The Morgan fingerprint density at radius 3 is 2.80 bits per heavy atom. The van der Waals surface area contributed by atoms with Gasteiger partial charge in [-0.3, -0.25) is 19.3 Å². The van der Waals surface area contributed by atoms with Crippen molar-refractivity contribution < 1.29 is 19.1 Å². The summed E-state index contributed by atoms with van der Waals surface area (Å²) in [5.74, 6) is -0.332. The number of likely N-dealkylation sites (N-methyl/N-ethyl adjacent to an activating group) is 1. The van der Waals surface area contributed by atoms with Gasteiger partial charge >= 0.3 is 5.97 Å². The van der Waals surface area contributed by atoms with Crippen molar-refractivity contribution in [3.05, 3.63) is 24.3 Å². The lowest BCUT2D eigenvalue weighted by atomic mass is 10.2. The Morgan fingerprint density at radius 2 is 2.16 bits per heavy atom. The van der Waals surface area contributed by atoms with Gasteiger partial charge in [-0.05, 0) is 31.2 Å². The van der Waals surface area contributed by atoms with Crippen LogP contribution in [0.15, 0.2) is 24.3 Å². The molecule has 1 aromatic rings. The summed E-state index contributed by atoms with van der Waals surface area (Å²) in [7, 11) is 1.35. The summed E-state index contributed by atoms with van der Waals surface area (Å²) in [4.78, 5) is 38.9. The average molecular weight is 347 g/mol. The summed E-state index contributed by atoms with van der Waals surface area (Å²) < 4.78 is 4.62. The Bertz CT molecular complexity index is 633. The molecule has 1 N–H and O–H groups in total. The van der Waals surface area contributed by atoms with Crippen molar-refractivity contribution in [2.24, 2.45) is 0 Å². The molecule has 0 radical (unpaired) electrons. The normalized spacial score (nSPS) is 14.0. The minimum atomic E-state index is -0.290. The molecule has 2 rings (SSSR count). The van der Waals surface area contributed by atoms with Gasteiger partial charge in [-0.1, -0.05) is 13.0 Å². The van der Waals surface area contributed by atoms with Gasteiger partial charge < -0.3 is 15.0 Å². The number of anilines is 2. The predicted octanol–water partition coefficient (Wildman–Crippen LogP) is 1.64. The van der Waals surface area contributed by atoms with E-state index in [1.54, 1.807) is 11.0 Å². The van der Waals surface area contributed by atoms with E-state index < -0.39 is 0 Å². The van der Waals surface area contributed by atoms with Gasteiger partial charge in [-0.2, -0.15) is 0 Å². The maximum Gasteiger partial charge on any atom is 0.306 e. The summed E-state index contributed by atoms with van der Waals surface area (Å²) in [6, 6.07) is 7.30. The Balaban J connectivity index is 1.91. The molecule has 1 fully saturated rings. The zero-order valence-corrected chi connectivity index (χ0v) is 14.8. The fraction of sp³-hybridized carbons (Fsp3) is 0.500. The molecule has 136 valence electrons. The van der Waals surface area contributed by atoms with Gasteiger partial charge in [0.25, 0.3) is 0 Å². The van der Waals surface area contributed by atoms with Gasteiger partial charge in [0.05, 0.1) is 20.1 Å². The molecule has 0 atom stereocenters. The minimum Gasteiger partial charge on any atom is -0.469 e. The third-order valence-electron chi connectivity index (χ3n) is 4.19. The Kier molecular flexibility index (Phi) is 6.94. The van der Waals surface area contributed by atoms with Crippen molar-refractivity contribution in [2.75, 3.05) is 43.5 Å². The molecule has 1 aliphatic heterocycles. The molecule has 0 unspecified atom stereocenters. The number of carbonyl (C=O) groups is 3. The third-order valence-corrected chi connectivity index (χ3v) is 4.19. The largest absolute Gasteiger partial charge is 0.469 e. The van der Waals surface area contributed by atoms with E-state index in [9.17, 15) is 14.4 Å². The van der Waals surface area contributed by atoms with Gasteiger partial charge in [0, 0.05) is 30.9 Å². The number of hydrogen-bond donors (Lipinski definition) is 1. The molecule has 0 aromatic heterocycles. The zero-order chi connectivity index (χ0) is 18.2. The number of methoxy groups -OCH3 is 1. The van der Waals surface area contributed by atoms with Gasteiger partial charge in [0.1, 0.15) is 0 Å². The first-order valence-corrected chi connectivity index (χ1v) is 8.53. The quantitative estimate of drug-likeness (QED) is 0.723. The van der Waals surface area contributed by atoms with Gasteiger partial charge in [-0.25, -0.2) is 0 Å². The summed E-state index contributed by atoms with van der Waals surface area (Å²) in [5.41, 5.74) is 1.46. The highest BCUT2D eigenvalue weighted by molar-refractivity contribution is 5.97. The summed E-state index contributed by atoms with van der Waals surface area (Å²) >= 11 is 0. The zero-order valence-electron chi connectivity index (χ0n) is 14.8. The topological polar surface area (TPSA) is 79.0 Å². The number of amides is 2. The van der Waals surface area contributed by atoms with E-state index in [0.717, 1.165) is 12.1 Å². The fourth-order valence-electron chi connectivity index (χ4n) is 2.78. The number of ether oxygens (including phenoxy) is 1. The first kappa shape index (κ1) is 18.9. The SMILES string of the molecule is CCN(CCC(=O)OC)CC(=O)Nc1cccc(N2CCCC2=O)c1. The number of benzene rings is 1. The van der Waals surface area contributed by atoms with E-state index in [-0.39, 0.29) is 30.7 Å². The van der Waals surface area contributed by atoms with E-state index >= 15 is 0 Å². The van der Waals surface area contributed by atoms with Crippen LogP contribution < -0.4 is 10.2 Å². The van der Waals surface area contributed by atoms with Crippen LogP contribution in [-0.4, -0.2) is 56.0 Å². The van der Waals surface area contributed by atoms with Gasteiger partial charge in [0.15, 0.2) is 0 Å². The van der Waals surface area contributed by atoms with E-state index in [1.165, 1.54) is 7.11 Å². The lowest BCUT2D eigenvalue weighted by Gasteiger charge is -2.20. The molecule has 7 heteroatoms. The first-order chi connectivity index (χ1) is 12.0. The van der Waals surface area contributed by atoms with E-state index in [1.807, 2.05) is 30.0 Å². The van der Waals surface area contributed by atoms with Crippen LogP contribution in [0.5, 0.6) is 0 Å². The molecule has 25 heavy (non-hydrogen) atoms. The molecule has 7 nitrogen and oxygen atoms in total. The fourth-order valence-corrected chi connectivity index (χ4v) is 2.78. The molecule has 1 heterocycles. The maximum absolute atomic E-state index is 12.2. The van der Waals surface area contributed by atoms with Crippen molar-refractivity contribution in [1.82, 2.24) is 4.90 Å². The Labute approximate surface area is 147 Å². The second-order valence-electron chi connectivity index (χ2n) is 5.94. The number of carbonyl (C=O) groups excluding carboxylic acids is 3. The van der Waals surface area contributed by atoms with Crippen molar-refractivity contribution in [3.63, 3.8) is 0 Å². The number of nitrogens with one attached hydrogen (secondary N) is 1. The first-order valence-electron chi connectivity index (χ1n) is 8.53. The summed E-state index contributed by atoms with van der Waals surface area (Å²) in [5, 5.41) is 2.85. The lowest BCUT2D eigenvalue weighted by molar-refractivity contribution is -0.141. The number of rotatable bonds is 8. The van der Waals surface area contributed by atoms with E-state index in [2.05, 4.69) is 10.1 Å². The highest BCUT2D eigenvalue weighted by atomic mass is 16.5. The Morgan fingerprint density at radius 1 is 1.36 bits per heavy atom. The van der Waals surface area contributed by atoms with Crippen molar-refractivity contribution in [2.45, 2.75) is 26.2 Å². The monoisotopic (exact) mass is 347 g/mol. The molecule has 0 bridgehead atoms. The molecule has 1 aromatic carbocycles. The molecular formula is C18H25N3O4. The van der Waals surface area contributed by atoms with Crippen molar-refractivity contribution >= 4 is 29.2 Å². The predicted molar refractivity (Wildman–Crippen MR) is 95.4 cm³/mol. The highest BCUT2D eigenvalue weighted by Gasteiger charge is 2.21. The Hall–Kier alpha value is -2.41. The van der Waals surface area contributed by atoms with Crippen LogP contribution in [0, 0.1) is 0 Å². The maximum atomic E-state index is 12.2. The molecular weight excluding hydrogens is 322 g/mol. The number of nitrogens with zero attached hydrogens (tertiary/aromatic N) is 2. The van der Waals surface area contributed by atoms with E-state index in [4.69, 9.17) is 0 Å². The van der Waals surface area contributed by atoms with Crippen LogP contribution in [-0.2, 0) is 19.1 Å². The number of hydrogen-bond acceptors (Lipinski definition) is 5.